The molecule has 0 amide bonds. The van der Waals surface area contributed by atoms with Gasteiger partial charge in [-0.25, -0.2) is 9.97 Å². The normalized spacial score (nSPS) is 16.0. The zero-order valence-corrected chi connectivity index (χ0v) is 22.8. The van der Waals surface area contributed by atoms with Gasteiger partial charge < -0.3 is 19.2 Å². The highest BCUT2D eigenvalue weighted by molar-refractivity contribution is 6.35. The molecule has 1 aliphatic heterocycles. The van der Waals surface area contributed by atoms with Gasteiger partial charge >= 0.3 is 0 Å². The van der Waals surface area contributed by atoms with Gasteiger partial charge in [0.1, 0.15) is 36.5 Å². The Labute approximate surface area is 233 Å². The van der Waals surface area contributed by atoms with Crippen molar-refractivity contribution in [3.05, 3.63) is 47.9 Å². The van der Waals surface area contributed by atoms with Crippen LogP contribution in [0.15, 0.2) is 47.3 Å². The highest BCUT2D eigenvalue weighted by atomic mass is 35.5. The molecule has 6 rings (SSSR count). The van der Waals surface area contributed by atoms with Gasteiger partial charge in [0.25, 0.3) is 0 Å². The number of nitrogens with zero attached hydrogens (tertiary/aromatic N) is 3. The fraction of sp³-hybridized carbons (Fsp3) is 0.407. The molecule has 2 aliphatic rings. The molecule has 7 nitrogen and oxygen atoms in total. The van der Waals surface area contributed by atoms with Crippen LogP contribution < -0.4 is 14.8 Å². The van der Waals surface area contributed by atoms with E-state index in [0.29, 0.717) is 23.0 Å². The molecule has 4 aromatic rings. The lowest BCUT2D eigenvalue weighted by atomic mass is 10.1. The van der Waals surface area contributed by atoms with Crippen molar-refractivity contribution in [3.8, 4) is 11.5 Å². The number of nitrogens with one attached hydrogen (secondary N) is 1. The number of fused-ring (bicyclic) bond motifs is 2. The molecule has 0 spiro atoms. The maximum atomic E-state index is 6.52. The number of likely N-dealkylation sites (tertiary alicyclic amines) is 1. The van der Waals surface area contributed by atoms with Crippen molar-refractivity contribution in [3.63, 3.8) is 0 Å². The largest absolute Gasteiger partial charge is 0.492 e. The fourth-order valence-corrected chi connectivity index (χ4v) is 5.33. The van der Waals surface area contributed by atoms with E-state index in [1.807, 2.05) is 30.3 Å². The van der Waals surface area contributed by atoms with Gasteiger partial charge in [-0.1, -0.05) is 17.7 Å². The summed E-state index contributed by atoms with van der Waals surface area (Å²) in [6, 6.07) is 9.79. The van der Waals surface area contributed by atoms with Crippen LogP contribution in [0.3, 0.4) is 0 Å². The van der Waals surface area contributed by atoms with E-state index in [9.17, 15) is 0 Å². The van der Waals surface area contributed by atoms with Crippen LogP contribution in [0.25, 0.3) is 21.9 Å². The van der Waals surface area contributed by atoms with E-state index >= 15 is 0 Å². The van der Waals surface area contributed by atoms with Gasteiger partial charge in [-0.2, -0.15) is 0 Å². The van der Waals surface area contributed by atoms with Crippen LogP contribution in [0.4, 0.5) is 11.5 Å². The van der Waals surface area contributed by atoms with Crippen LogP contribution in [-0.2, 0) is 0 Å². The van der Waals surface area contributed by atoms with Crippen molar-refractivity contribution >= 4 is 69.8 Å². The predicted molar refractivity (Wildman–Crippen MR) is 153 cm³/mol. The molecular weight excluding hydrogens is 535 g/mol. The molecule has 0 radical (unpaired) electrons. The summed E-state index contributed by atoms with van der Waals surface area (Å²) in [6.45, 7) is 3.90. The Hall–Kier alpha value is -2.45. The summed E-state index contributed by atoms with van der Waals surface area (Å²) in [4.78, 5) is 11.6. The Morgan fingerprint density at radius 3 is 2.68 bits per heavy atom. The lowest BCUT2D eigenvalue weighted by molar-refractivity contribution is 0.209. The smallest absolute Gasteiger partial charge is 0.158 e. The summed E-state index contributed by atoms with van der Waals surface area (Å²) in [5.74, 6) is 2.18. The van der Waals surface area contributed by atoms with Gasteiger partial charge in [0.2, 0.25) is 0 Å². The molecule has 1 saturated carbocycles. The van der Waals surface area contributed by atoms with Gasteiger partial charge in [-0.15, -0.1) is 24.8 Å². The molecule has 2 aromatic heterocycles. The Balaban J connectivity index is 0.00000160. The summed E-state index contributed by atoms with van der Waals surface area (Å²) in [5.41, 5.74) is 2.25. The molecule has 198 valence electrons. The average molecular weight is 566 g/mol. The quantitative estimate of drug-likeness (QED) is 0.238. The summed E-state index contributed by atoms with van der Waals surface area (Å²) < 4.78 is 18.4. The molecule has 3 heterocycles. The van der Waals surface area contributed by atoms with E-state index in [0.717, 1.165) is 66.0 Å². The Bertz CT molecular complexity index is 1340. The number of halogens is 3. The standard InChI is InChI=1S/C27H29ClN4O3.2ClH/c28-21-16-34-26-20(21)8-5-9-22(26)31-27-25-23(29-17-30-27)14-19(33-13-12-32-10-3-4-11-32)15-24(25)35-18-6-1-2-7-18;;/h5,8-9,14-18H,1-4,6-7,10-13H2,(H,29,30,31);2*1H. The zero-order valence-electron chi connectivity index (χ0n) is 20.5. The molecule has 1 saturated heterocycles. The summed E-state index contributed by atoms with van der Waals surface area (Å²) in [5, 5.41) is 5.71. The molecule has 2 fully saturated rings. The monoisotopic (exact) mass is 564 g/mol. The van der Waals surface area contributed by atoms with E-state index < -0.39 is 0 Å². The zero-order chi connectivity index (χ0) is 23.6. The molecule has 0 atom stereocenters. The van der Waals surface area contributed by atoms with Crippen molar-refractivity contribution in [1.29, 1.82) is 0 Å². The molecular formula is C27H31Cl3N4O3. The first kappa shape index (κ1) is 27.6. The van der Waals surface area contributed by atoms with Crippen molar-refractivity contribution in [2.45, 2.75) is 44.6 Å². The van der Waals surface area contributed by atoms with Crippen molar-refractivity contribution in [2.24, 2.45) is 0 Å². The molecule has 2 aromatic carbocycles. The van der Waals surface area contributed by atoms with E-state index in [-0.39, 0.29) is 30.9 Å². The van der Waals surface area contributed by atoms with Crippen molar-refractivity contribution < 1.29 is 13.9 Å². The van der Waals surface area contributed by atoms with Gasteiger partial charge in [0, 0.05) is 24.1 Å². The van der Waals surface area contributed by atoms with Crippen LogP contribution in [0.2, 0.25) is 5.02 Å². The summed E-state index contributed by atoms with van der Waals surface area (Å²) >= 11 is 6.28. The Kier molecular flexibility index (Phi) is 9.24. The van der Waals surface area contributed by atoms with E-state index in [1.165, 1.54) is 25.7 Å². The number of benzene rings is 2. The van der Waals surface area contributed by atoms with Gasteiger partial charge in [-0.05, 0) is 63.7 Å². The number of para-hydroxylation sites is 1. The minimum atomic E-state index is 0. The SMILES string of the molecule is Cl.Cl.Clc1coc2c(Nc3ncnc4cc(OCCN5CCCC5)cc(OC5CCCC5)c34)cccc12. The second kappa shape index (κ2) is 12.4. The Morgan fingerprint density at radius 2 is 1.86 bits per heavy atom. The van der Waals surface area contributed by atoms with Crippen LogP contribution in [0, 0.1) is 0 Å². The number of aromatic nitrogens is 2. The first-order valence-corrected chi connectivity index (χ1v) is 12.9. The number of hydrogen-bond acceptors (Lipinski definition) is 7. The minimum absolute atomic E-state index is 0. The van der Waals surface area contributed by atoms with E-state index in [1.54, 1.807) is 12.6 Å². The lowest BCUT2D eigenvalue weighted by Gasteiger charge is -2.19. The number of hydrogen-bond donors (Lipinski definition) is 1. The van der Waals surface area contributed by atoms with E-state index in [4.69, 9.17) is 25.5 Å². The third-order valence-corrected chi connectivity index (χ3v) is 7.24. The predicted octanol–water partition coefficient (Wildman–Crippen LogP) is 7.41. The summed E-state index contributed by atoms with van der Waals surface area (Å²) in [6.07, 6.45) is 10.4. The minimum Gasteiger partial charge on any atom is -0.492 e. The number of anilines is 2. The first-order chi connectivity index (χ1) is 17.2. The molecule has 37 heavy (non-hydrogen) atoms. The molecule has 0 unspecified atom stereocenters. The lowest BCUT2D eigenvalue weighted by Crippen LogP contribution is -2.25. The Morgan fingerprint density at radius 1 is 1.05 bits per heavy atom. The van der Waals surface area contributed by atoms with Crippen LogP contribution in [-0.4, -0.2) is 47.2 Å². The average Bonchev–Trinajstić information content (AvgIpc) is 3.63. The summed E-state index contributed by atoms with van der Waals surface area (Å²) in [7, 11) is 0. The molecule has 10 heteroatoms. The third-order valence-electron chi connectivity index (χ3n) is 6.95. The van der Waals surface area contributed by atoms with E-state index in [2.05, 4.69) is 20.2 Å². The van der Waals surface area contributed by atoms with Gasteiger partial charge in [0.05, 0.1) is 27.7 Å². The maximum absolute atomic E-state index is 6.52. The van der Waals surface area contributed by atoms with Crippen molar-refractivity contribution in [2.75, 3.05) is 31.6 Å². The van der Waals surface area contributed by atoms with Crippen LogP contribution in [0.5, 0.6) is 11.5 Å². The van der Waals surface area contributed by atoms with Crippen LogP contribution in [0.1, 0.15) is 38.5 Å². The number of furan rings is 1. The second-order valence-corrected chi connectivity index (χ2v) is 9.76. The van der Waals surface area contributed by atoms with Gasteiger partial charge in [0.15, 0.2) is 5.58 Å². The molecule has 0 bridgehead atoms. The van der Waals surface area contributed by atoms with Crippen LogP contribution >= 0.6 is 36.4 Å². The van der Waals surface area contributed by atoms with Gasteiger partial charge in [-0.3, -0.25) is 4.90 Å². The molecule has 1 N–H and O–H groups in total. The fourth-order valence-electron chi connectivity index (χ4n) is 5.14. The number of rotatable bonds is 8. The van der Waals surface area contributed by atoms with Crippen molar-refractivity contribution in [1.82, 2.24) is 14.9 Å². The second-order valence-electron chi connectivity index (χ2n) is 9.35. The highest BCUT2D eigenvalue weighted by Gasteiger charge is 2.21. The molecule has 1 aliphatic carbocycles. The maximum Gasteiger partial charge on any atom is 0.158 e. The number of ether oxygens (including phenoxy) is 2. The first-order valence-electron chi connectivity index (χ1n) is 12.5. The topological polar surface area (TPSA) is 72.7 Å². The third kappa shape index (κ3) is 6.01. The highest BCUT2D eigenvalue weighted by Crippen LogP contribution is 2.39.